The summed E-state index contributed by atoms with van der Waals surface area (Å²) in [4.78, 5) is 5.11. The van der Waals surface area contributed by atoms with Gasteiger partial charge in [-0.05, 0) is 97.7 Å². The molecule has 7 aromatic carbocycles. The van der Waals surface area contributed by atoms with Gasteiger partial charge in [-0.15, -0.1) is 0 Å². The van der Waals surface area contributed by atoms with E-state index in [1.54, 1.807) is 0 Å². The molecule has 6 aliphatic heterocycles. The first-order valence-corrected chi connectivity index (χ1v) is 17.1. The molecule has 7 aromatic rings. The van der Waals surface area contributed by atoms with Crippen LogP contribution in [0.4, 0.5) is 34.1 Å². The fourth-order valence-corrected chi connectivity index (χ4v) is 10.1. The van der Waals surface area contributed by atoms with Gasteiger partial charge in [0, 0.05) is 34.1 Å². The van der Waals surface area contributed by atoms with E-state index in [1.165, 1.54) is 83.3 Å². The average molecular weight is 620 g/mol. The third-order valence-corrected chi connectivity index (χ3v) is 11.7. The molecule has 0 aliphatic carbocycles. The molecule has 13 rings (SSSR count). The summed E-state index contributed by atoms with van der Waals surface area (Å²) in [5, 5.41) is 0. The van der Waals surface area contributed by atoms with Crippen LogP contribution >= 0.6 is 0 Å². The van der Waals surface area contributed by atoms with Crippen molar-refractivity contribution < 1.29 is 9.47 Å². The van der Waals surface area contributed by atoms with Gasteiger partial charge in [-0.25, -0.2) is 0 Å². The molecule has 0 radical (unpaired) electrons. The van der Waals surface area contributed by atoms with Crippen LogP contribution in [0.3, 0.4) is 0 Å². The van der Waals surface area contributed by atoms with Crippen molar-refractivity contribution in [2.24, 2.45) is 0 Å². The fraction of sp³-hybridized carbons (Fsp3) is 0. The molecular weight excluding hydrogens is 597 g/mol. The largest absolute Gasteiger partial charge is 0.458 e. The molecule has 4 nitrogen and oxygen atoms in total. The zero-order valence-corrected chi connectivity index (χ0v) is 26.2. The van der Waals surface area contributed by atoms with E-state index in [2.05, 4.69) is 149 Å². The second-order valence-corrected chi connectivity index (χ2v) is 13.9. The molecule has 0 N–H and O–H groups in total. The van der Waals surface area contributed by atoms with Crippen LogP contribution in [0.2, 0.25) is 0 Å². The van der Waals surface area contributed by atoms with E-state index in [4.69, 9.17) is 9.47 Å². The Bertz CT molecular complexity index is 2510. The van der Waals surface area contributed by atoms with Gasteiger partial charge in [-0.2, -0.15) is 0 Å². The summed E-state index contributed by atoms with van der Waals surface area (Å²) >= 11 is 0. The van der Waals surface area contributed by atoms with Gasteiger partial charge in [0.1, 0.15) is 23.0 Å². The van der Waals surface area contributed by atoms with Crippen LogP contribution in [0, 0.1) is 0 Å². The summed E-state index contributed by atoms with van der Waals surface area (Å²) in [7, 11) is 0. The summed E-state index contributed by atoms with van der Waals surface area (Å²) in [5.74, 6) is 3.75. The normalized spacial score (nSPS) is 15.1. The molecule has 0 unspecified atom stereocenters. The number of ether oxygens (including phenoxy) is 2. The van der Waals surface area contributed by atoms with Crippen LogP contribution in [0.15, 0.2) is 140 Å². The molecule has 0 fully saturated rings. The van der Waals surface area contributed by atoms with Gasteiger partial charge >= 0.3 is 0 Å². The van der Waals surface area contributed by atoms with Crippen LogP contribution < -0.4 is 68.4 Å². The van der Waals surface area contributed by atoms with Gasteiger partial charge < -0.3 is 19.3 Å². The molecule has 0 aromatic heterocycles. The maximum atomic E-state index is 6.69. The molecule has 6 heterocycles. The summed E-state index contributed by atoms with van der Waals surface area (Å²) in [6.07, 6.45) is 0. The Hall–Kier alpha value is -6.07. The van der Waals surface area contributed by atoms with Crippen LogP contribution in [0.5, 0.6) is 23.0 Å². The van der Waals surface area contributed by atoms with Crippen LogP contribution in [-0.2, 0) is 0 Å². The molecule has 0 saturated carbocycles. The molecule has 0 spiro atoms. The SMILES string of the molecule is c1ccc2c(c1)Oc1cccc3c1B2c1cc2c4c5c1N3c1ccccc1B5c1ccccc1N4c1cccc3c1B2c1ccccc1O3. The predicted molar refractivity (Wildman–Crippen MR) is 203 cm³/mol. The second kappa shape index (κ2) is 8.50. The monoisotopic (exact) mass is 620 g/mol. The standard InChI is InChI=1S/C42H23B3N2O2/c1-5-15-30-24(11-1)43-25-12-2-6-16-31(25)47-33-18-10-22-37-39(33)45(27-14-4-8-20-35(27)49-37)29-23-28-41(40(43)42(29)47)46(30)32-17-9-21-36-38(32)44(28)26-13-3-7-19-34(26)48-36/h1-23H. The number of rotatable bonds is 0. The molecular formula is C42H23B3N2O2. The van der Waals surface area contributed by atoms with Gasteiger partial charge in [0.25, 0.3) is 20.1 Å². The highest BCUT2D eigenvalue weighted by molar-refractivity contribution is 7.07. The Balaban J connectivity index is 1.25. The first-order valence-electron chi connectivity index (χ1n) is 17.1. The van der Waals surface area contributed by atoms with Crippen molar-refractivity contribution in [2.45, 2.75) is 0 Å². The number of hydrogen-bond acceptors (Lipinski definition) is 4. The summed E-state index contributed by atoms with van der Waals surface area (Å²) < 4.78 is 13.4. The number of para-hydroxylation sites is 4. The van der Waals surface area contributed by atoms with Gasteiger partial charge in [0.05, 0.1) is 0 Å². The summed E-state index contributed by atoms with van der Waals surface area (Å²) in [6.45, 7) is 0.155. The molecule has 0 atom stereocenters. The Labute approximate surface area is 284 Å². The average Bonchev–Trinajstić information content (AvgIpc) is 3.16. The Morgan fingerprint density at radius 1 is 0.327 bits per heavy atom. The first-order chi connectivity index (χ1) is 24.3. The van der Waals surface area contributed by atoms with Crippen molar-refractivity contribution >= 4 is 103 Å². The van der Waals surface area contributed by atoms with E-state index in [-0.39, 0.29) is 20.1 Å². The highest BCUT2D eigenvalue weighted by Crippen LogP contribution is 2.47. The third kappa shape index (κ3) is 2.82. The van der Waals surface area contributed by atoms with Crippen LogP contribution in [0.1, 0.15) is 0 Å². The van der Waals surface area contributed by atoms with Gasteiger partial charge in [-0.3, -0.25) is 0 Å². The lowest BCUT2D eigenvalue weighted by atomic mass is 9.26. The molecule has 0 amide bonds. The molecule has 7 heteroatoms. The number of nitrogens with zero attached hydrogens (tertiary/aromatic N) is 2. The molecule has 6 aliphatic rings. The number of hydrogen-bond donors (Lipinski definition) is 0. The molecule has 222 valence electrons. The number of fused-ring (bicyclic) bond motifs is 14. The van der Waals surface area contributed by atoms with Crippen molar-refractivity contribution in [1.29, 1.82) is 0 Å². The maximum Gasteiger partial charge on any atom is 0.256 e. The van der Waals surface area contributed by atoms with E-state index in [1.807, 2.05) is 0 Å². The number of benzene rings is 7. The minimum atomic E-state index is 0.0345. The van der Waals surface area contributed by atoms with Gasteiger partial charge in [-0.1, -0.05) is 91.0 Å². The smallest absolute Gasteiger partial charge is 0.256 e. The quantitative estimate of drug-likeness (QED) is 0.242. The van der Waals surface area contributed by atoms with Gasteiger partial charge in [0.15, 0.2) is 0 Å². The summed E-state index contributed by atoms with van der Waals surface area (Å²) in [6, 6.07) is 51.1. The van der Waals surface area contributed by atoms with Crippen molar-refractivity contribution in [3.05, 3.63) is 140 Å². The van der Waals surface area contributed by atoms with Crippen LogP contribution in [0.25, 0.3) is 0 Å². The van der Waals surface area contributed by atoms with Crippen molar-refractivity contribution in [3.8, 4) is 23.0 Å². The zero-order chi connectivity index (χ0) is 31.5. The lowest BCUT2D eigenvalue weighted by molar-refractivity contribution is 0.487. The third-order valence-electron chi connectivity index (χ3n) is 11.7. The van der Waals surface area contributed by atoms with Gasteiger partial charge in [0.2, 0.25) is 0 Å². The maximum absolute atomic E-state index is 6.69. The lowest BCUT2D eigenvalue weighted by Gasteiger charge is -2.51. The van der Waals surface area contributed by atoms with Crippen LogP contribution in [-0.4, -0.2) is 20.1 Å². The Morgan fingerprint density at radius 2 is 0.714 bits per heavy atom. The van der Waals surface area contributed by atoms with E-state index in [0.29, 0.717) is 0 Å². The van der Waals surface area contributed by atoms with Crippen molar-refractivity contribution in [3.63, 3.8) is 0 Å². The minimum Gasteiger partial charge on any atom is -0.458 e. The predicted octanol–water partition coefficient (Wildman–Crippen LogP) is 3.64. The number of anilines is 6. The summed E-state index contributed by atoms with van der Waals surface area (Å²) in [5.41, 5.74) is 19.2. The minimum absolute atomic E-state index is 0.0345. The second-order valence-electron chi connectivity index (χ2n) is 13.9. The van der Waals surface area contributed by atoms with E-state index >= 15 is 0 Å². The van der Waals surface area contributed by atoms with Crippen molar-refractivity contribution in [2.75, 3.05) is 9.80 Å². The fourth-order valence-electron chi connectivity index (χ4n) is 10.1. The molecule has 0 saturated heterocycles. The molecule has 49 heavy (non-hydrogen) atoms. The highest BCUT2D eigenvalue weighted by atomic mass is 16.5. The highest BCUT2D eigenvalue weighted by Gasteiger charge is 2.54. The Kier molecular flexibility index (Phi) is 4.34. The Morgan fingerprint density at radius 3 is 1.22 bits per heavy atom. The lowest BCUT2D eigenvalue weighted by Crippen LogP contribution is -2.72. The molecule has 0 bridgehead atoms. The van der Waals surface area contributed by atoms with E-state index in [0.717, 1.165) is 23.0 Å². The zero-order valence-electron chi connectivity index (χ0n) is 26.2. The first kappa shape index (κ1) is 25.0. The van der Waals surface area contributed by atoms with E-state index < -0.39 is 0 Å². The van der Waals surface area contributed by atoms with E-state index in [9.17, 15) is 0 Å². The topological polar surface area (TPSA) is 24.9 Å². The van der Waals surface area contributed by atoms with Crippen molar-refractivity contribution in [1.82, 2.24) is 0 Å².